The Morgan fingerprint density at radius 3 is 2.43 bits per heavy atom. The topological polar surface area (TPSA) is 34.2 Å². The number of aromatic nitrogens is 1. The highest BCUT2D eigenvalue weighted by molar-refractivity contribution is 5.89. The molecule has 3 nitrogen and oxygen atoms in total. The summed E-state index contributed by atoms with van der Waals surface area (Å²) in [5.74, 6) is 0.689. The summed E-state index contributed by atoms with van der Waals surface area (Å²) in [6.07, 6.45) is 1.89. The molecule has 0 unspecified atom stereocenters. The molecule has 1 aromatic heterocycles. The second-order valence-corrected chi connectivity index (χ2v) is 4.94. The van der Waals surface area contributed by atoms with E-state index in [-0.39, 0.29) is 0 Å². The van der Waals surface area contributed by atoms with Crippen molar-refractivity contribution >= 4 is 10.8 Å². The van der Waals surface area contributed by atoms with Gasteiger partial charge >= 0.3 is 0 Å². The van der Waals surface area contributed by atoms with Gasteiger partial charge in [-0.25, -0.2) is 4.98 Å². The summed E-state index contributed by atoms with van der Waals surface area (Å²) in [6, 6.07) is 18.4. The molecule has 0 amide bonds. The van der Waals surface area contributed by atoms with E-state index < -0.39 is 0 Å². The smallest absolute Gasteiger partial charge is 0.221 e. The maximum Gasteiger partial charge on any atom is 0.221 e. The van der Waals surface area contributed by atoms with Crippen molar-refractivity contribution in [2.75, 3.05) is 7.05 Å². The van der Waals surface area contributed by atoms with Gasteiger partial charge in [0, 0.05) is 18.1 Å². The molecule has 0 aliphatic carbocycles. The zero-order valence-corrected chi connectivity index (χ0v) is 12.0. The fourth-order valence-electron chi connectivity index (χ4n) is 2.40. The van der Waals surface area contributed by atoms with Crippen LogP contribution in [0.5, 0.6) is 5.88 Å². The molecule has 3 heteroatoms. The van der Waals surface area contributed by atoms with Crippen LogP contribution < -0.4 is 10.1 Å². The fraction of sp³-hybridized carbons (Fsp3) is 0.167. The van der Waals surface area contributed by atoms with Crippen LogP contribution in [0.4, 0.5) is 0 Å². The molecule has 1 heterocycles. The summed E-state index contributed by atoms with van der Waals surface area (Å²) in [7, 11) is 1.94. The molecule has 0 aliphatic rings. The standard InChI is InChI=1S/C18H18N2O/c1-19-11-15-12-20-18(17-10-6-5-9-16(15)17)21-13-14-7-3-2-4-8-14/h2-10,12,19H,11,13H2,1H3. The average Bonchev–Trinajstić information content (AvgIpc) is 2.55. The molecule has 0 aliphatic heterocycles. The van der Waals surface area contributed by atoms with Crippen molar-refractivity contribution < 1.29 is 4.74 Å². The van der Waals surface area contributed by atoms with E-state index in [1.54, 1.807) is 0 Å². The third kappa shape index (κ3) is 3.03. The van der Waals surface area contributed by atoms with Crippen molar-refractivity contribution in [3.63, 3.8) is 0 Å². The third-order valence-electron chi connectivity index (χ3n) is 3.43. The lowest BCUT2D eigenvalue weighted by Gasteiger charge is -2.11. The van der Waals surface area contributed by atoms with Crippen LogP contribution in [0.2, 0.25) is 0 Å². The lowest BCUT2D eigenvalue weighted by atomic mass is 10.1. The van der Waals surface area contributed by atoms with Crippen LogP contribution in [-0.2, 0) is 13.2 Å². The quantitative estimate of drug-likeness (QED) is 0.775. The van der Waals surface area contributed by atoms with Gasteiger partial charge in [-0.3, -0.25) is 0 Å². The maximum absolute atomic E-state index is 5.91. The van der Waals surface area contributed by atoms with Gasteiger partial charge in [-0.1, -0.05) is 48.5 Å². The fourth-order valence-corrected chi connectivity index (χ4v) is 2.40. The van der Waals surface area contributed by atoms with Crippen LogP contribution in [0, 0.1) is 0 Å². The summed E-state index contributed by atoms with van der Waals surface area (Å²) < 4.78 is 5.91. The highest BCUT2D eigenvalue weighted by atomic mass is 16.5. The number of rotatable bonds is 5. The van der Waals surface area contributed by atoms with Crippen LogP contribution >= 0.6 is 0 Å². The predicted molar refractivity (Wildman–Crippen MR) is 85.3 cm³/mol. The molecule has 21 heavy (non-hydrogen) atoms. The van der Waals surface area contributed by atoms with Gasteiger partial charge < -0.3 is 10.1 Å². The molecular weight excluding hydrogens is 260 g/mol. The molecule has 3 aromatic rings. The van der Waals surface area contributed by atoms with Crippen LogP contribution in [0.3, 0.4) is 0 Å². The van der Waals surface area contributed by atoms with Crippen molar-refractivity contribution in [2.45, 2.75) is 13.2 Å². The summed E-state index contributed by atoms with van der Waals surface area (Å²) in [6.45, 7) is 1.33. The van der Waals surface area contributed by atoms with E-state index in [2.05, 4.69) is 34.6 Å². The Balaban J connectivity index is 1.90. The molecule has 106 valence electrons. The monoisotopic (exact) mass is 278 g/mol. The van der Waals surface area contributed by atoms with Gasteiger partial charge in [0.2, 0.25) is 5.88 Å². The number of hydrogen-bond acceptors (Lipinski definition) is 3. The Hall–Kier alpha value is -2.39. The largest absolute Gasteiger partial charge is 0.472 e. The maximum atomic E-state index is 5.91. The van der Waals surface area contributed by atoms with Gasteiger partial charge in [0.05, 0.1) is 0 Å². The molecule has 3 rings (SSSR count). The molecular formula is C18H18N2O. The zero-order valence-electron chi connectivity index (χ0n) is 12.0. The summed E-state index contributed by atoms with van der Waals surface area (Å²) >= 11 is 0. The molecule has 2 aromatic carbocycles. The van der Waals surface area contributed by atoms with E-state index in [9.17, 15) is 0 Å². The number of benzene rings is 2. The first kappa shape index (κ1) is 13.6. The van der Waals surface area contributed by atoms with Crippen molar-refractivity contribution in [1.29, 1.82) is 0 Å². The minimum absolute atomic E-state index is 0.531. The molecule has 1 N–H and O–H groups in total. The normalized spacial score (nSPS) is 10.7. The summed E-state index contributed by atoms with van der Waals surface area (Å²) in [5.41, 5.74) is 2.32. The predicted octanol–water partition coefficient (Wildman–Crippen LogP) is 3.53. The van der Waals surface area contributed by atoms with E-state index in [0.717, 1.165) is 17.5 Å². The Kier molecular flexibility index (Phi) is 4.12. The molecule has 0 atom stereocenters. The highest BCUT2D eigenvalue weighted by Crippen LogP contribution is 2.26. The molecule has 0 fully saturated rings. The van der Waals surface area contributed by atoms with Gasteiger partial charge in [0.15, 0.2) is 0 Å². The number of ether oxygens (including phenoxy) is 1. The van der Waals surface area contributed by atoms with Gasteiger partial charge in [0.25, 0.3) is 0 Å². The number of fused-ring (bicyclic) bond motifs is 1. The van der Waals surface area contributed by atoms with Crippen LogP contribution in [0.15, 0.2) is 60.8 Å². The van der Waals surface area contributed by atoms with Crippen molar-refractivity contribution in [3.8, 4) is 5.88 Å². The Labute approximate surface area is 124 Å². The van der Waals surface area contributed by atoms with Crippen LogP contribution in [0.25, 0.3) is 10.8 Å². The average molecular weight is 278 g/mol. The Bertz CT molecular complexity index is 726. The van der Waals surface area contributed by atoms with Crippen LogP contribution in [-0.4, -0.2) is 12.0 Å². The van der Waals surface area contributed by atoms with E-state index in [0.29, 0.717) is 12.5 Å². The first-order chi connectivity index (χ1) is 10.4. The van der Waals surface area contributed by atoms with Crippen molar-refractivity contribution in [1.82, 2.24) is 10.3 Å². The Morgan fingerprint density at radius 1 is 0.952 bits per heavy atom. The Morgan fingerprint density at radius 2 is 1.67 bits per heavy atom. The van der Waals surface area contributed by atoms with Crippen molar-refractivity contribution in [3.05, 3.63) is 71.9 Å². The van der Waals surface area contributed by atoms with E-state index >= 15 is 0 Å². The van der Waals surface area contributed by atoms with Gasteiger partial charge in [-0.2, -0.15) is 0 Å². The summed E-state index contributed by atoms with van der Waals surface area (Å²) in [5, 5.41) is 5.41. The SMILES string of the molecule is CNCc1cnc(OCc2ccccc2)c2ccccc12. The first-order valence-corrected chi connectivity index (χ1v) is 7.06. The number of nitrogens with one attached hydrogen (secondary N) is 1. The second-order valence-electron chi connectivity index (χ2n) is 4.94. The number of pyridine rings is 1. The number of nitrogens with zero attached hydrogens (tertiary/aromatic N) is 1. The molecule has 0 bridgehead atoms. The summed E-state index contributed by atoms with van der Waals surface area (Å²) in [4.78, 5) is 4.48. The minimum atomic E-state index is 0.531. The van der Waals surface area contributed by atoms with Gasteiger partial charge in [0.1, 0.15) is 6.61 Å². The van der Waals surface area contributed by atoms with Gasteiger partial charge in [-0.05, 0) is 29.6 Å². The molecule has 0 saturated heterocycles. The number of hydrogen-bond donors (Lipinski definition) is 1. The van der Waals surface area contributed by atoms with Crippen molar-refractivity contribution in [2.24, 2.45) is 0 Å². The van der Waals surface area contributed by atoms with E-state index in [4.69, 9.17) is 4.74 Å². The second kappa shape index (κ2) is 6.37. The minimum Gasteiger partial charge on any atom is -0.472 e. The van der Waals surface area contributed by atoms with Crippen LogP contribution in [0.1, 0.15) is 11.1 Å². The third-order valence-corrected chi connectivity index (χ3v) is 3.43. The molecule has 0 saturated carbocycles. The molecule has 0 spiro atoms. The lowest BCUT2D eigenvalue weighted by Crippen LogP contribution is -2.07. The first-order valence-electron chi connectivity index (χ1n) is 7.06. The molecule has 0 radical (unpaired) electrons. The highest BCUT2D eigenvalue weighted by Gasteiger charge is 2.07. The lowest BCUT2D eigenvalue weighted by molar-refractivity contribution is 0.298. The van der Waals surface area contributed by atoms with E-state index in [1.165, 1.54) is 10.9 Å². The zero-order chi connectivity index (χ0) is 14.5. The van der Waals surface area contributed by atoms with Gasteiger partial charge in [-0.15, -0.1) is 0 Å². The van der Waals surface area contributed by atoms with E-state index in [1.807, 2.05) is 43.6 Å².